The number of rotatable bonds is 7. The van der Waals surface area contributed by atoms with E-state index < -0.39 is 0 Å². The van der Waals surface area contributed by atoms with Crippen molar-refractivity contribution in [3.8, 4) is 0 Å². The molecule has 0 aliphatic carbocycles. The molecule has 5 heteroatoms. The predicted octanol–water partition coefficient (Wildman–Crippen LogP) is 1.31. The van der Waals surface area contributed by atoms with Crippen molar-refractivity contribution >= 4 is 5.96 Å². The maximum atomic E-state index is 5.35. The minimum Gasteiger partial charge on any atom is -0.379 e. The highest BCUT2D eigenvalue weighted by Crippen LogP contribution is 2.00. The lowest BCUT2D eigenvalue weighted by atomic mass is 10.1. The number of nitrogens with zero attached hydrogens (tertiary/aromatic N) is 2. The molecule has 2 N–H and O–H groups in total. The molecule has 20 heavy (non-hydrogen) atoms. The quantitative estimate of drug-likeness (QED) is 0.420. The normalized spacial score (nSPS) is 19.1. The van der Waals surface area contributed by atoms with Gasteiger partial charge in [-0.15, -0.1) is 0 Å². The summed E-state index contributed by atoms with van der Waals surface area (Å²) >= 11 is 0. The Morgan fingerprint density at radius 1 is 1.25 bits per heavy atom. The van der Waals surface area contributed by atoms with Crippen molar-refractivity contribution in [2.75, 3.05) is 45.9 Å². The van der Waals surface area contributed by atoms with E-state index in [0.29, 0.717) is 12.0 Å². The lowest BCUT2D eigenvalue weighted by Gasteiger charge is -2.26. The van der Waals surface area contributed by atoms with Crippen molar-refractivity contribution in [1.29, 1.82) is 0 Å². The molecule has 1 aliphatic heterocycles. The molecule has 0 amide bonds. The first kappa shape index (κ1) is 17.2. The first-order valence-corrected chi connectivity index (χ1v) is 7.98. The molecule has 0 bridgehead atoms. The number of ether oxygens (including phenoxy) is 1. The molecule has 0 spiro atoms. The molecule has 1 rings (SSSR count). The van der Waals surface area contributed by atoms with Crippen molar-refractivity contribution in [2.45, 2.75) is 40.2 Å². The standard InChI is InChI=1S/C15H32N4O/c1-5-16-15(18-14(4)13(2)3)17-7-6-8-19-9-11-20-12-10-19/h13-14H,5-12H2,1-4H3,(H2,16,17,18). The summed E-state index contributed by atoms with van der Waals surface area (Å²) in [6.45, 7) is 15.5. The van der Waals surface area contributed by atoms with Crippen LogP contribution in [0.3, 0.4) is 0 Å². The Hall–Kier alpha value is -0.810. The molecule has 0 saturated carbocycles. The van der Waals surface area contributed by atoms with Gasteiger partial charge in [0.1, 0.15) is 0 Å². The zero-order valence-electron chi connectivity index (χ0n) is 13.6. The van der Waals surface area contributed by atoms with Crippen LogP contribution >= 0.6 is 0 Å². The molecule has 0 aromatic rings. The van der Waals surface area contributed by atoms with Gasteiger partial charge in [-0.05, 0) is 26.2 Å². The monoisotopic (exact) mass is 284 g/mol. The smallest absolute Gasteiger partial charge is 0.191 e. The summed E-state index contributed by atoms with van der Waals surface area (Å²) < 4.78 is 5.35. The molecule has 5 nitrogen and oxygen atoms in total. The van der Waals surface area contributed by atoms with Crippen LogP contribution in [0.1, 0.15) is 34.1 Å². The highest BCUT2D eigenvalue weighted by Gasteiger charge is 2.10. The summed E-state index contributed by atoms with van der Waals surface area (Å²) in [4.78, 5) is 7.11. The maximum Gasteiger partial charge on any atom is 0.191 e. The van der Waals surface area contributed by atoms with Crippen LogP contribution in [0.15, 0.2) is 4.99 Å². The second-order valence-electron chi connectivity index (χ2n) is 5.75. The Bertz CT molecular complexity index is 275. The molecule has 1 fully saturated rings. The molecule has 0 aromatic heterocycles. The van der Waals surface area contributed by atoms with E-state index in [9.17, 15) is 0 Å². The Balaban J connectivity index is 2.26. The van der Waals surface area contributed by atoms with Gasteiger partial charge in [0.15, 0.2) is 5.96 Å². The van der Waals surface area contributed by atoms with Crippen LogP contribution < -0.4 is 10.6 Å². The lowest BCUT2D eigenvalue weighted by molar-refractivity contribution is 0.0377. The van der Waals surface area contributed by atoms with E-state index in [0.717, 1.165) is 58.3 Å². The van der Waals surface area contributed by atoms with Crippen LogP contribution in [0.2, 0.25) is 0 Å². The van der Waals surface area contributed by atoms with E-state index in [1.807, 2.05) is 0 Å². The van der Waals surface area contributed by atoms with E-state index in [1.54, 1.807) is 0 Å². The summed E-state index contributed by atoms with van der Waals surface area (Å²) in [5.41, 5.74) is 0. The second-order valence-corrected chi connectivity index (χ2v) is 5.75. The topological polar surface area (TPSA) is 48.9 Å². The van der Waals surface area contributed by atoms with Gasteiger partial charge in [-0.3, -0.25) is 9.89 Å². The number of aliphatic imine (C=N–C) groups is 1. The highest BCUT2D eigenvalue weighted by atomic mass is 16.5. The average Bonchev–Trinajstić information content (AvgIpc) is 2.44. The van der Waals surface area contributed by atoms with Crippen LogP contribution in [0.25, 0.3) is 0 Å². The third-order valence-corrected chi connectivity index (χ3v) is 3.71. The minimum absolute atomic E-state index is 0.437. The molecule has 0 radical (unpaired) electrons. The van der Waals surface area contributed by atoms with Gasteiger partial charge in [-0.25, -0.2) is 0 Å². The number of hydrogen-bond acceptors (Lipinski definition) is 3. The SMILES string of the molecule is CCNC(=NCCCN1CCOCC1)NC(C)C(C)C. The molecule has 1 heterocycles. The first-order valence-electron chi connectivity index (χ1n) is 7.98. The van der Waals surface area contributed by atoms with Gasteiger partial charge in [0.25, 0.3) is 0 Å². The first-order chi connectivity index (χ1) is 9.63. The number of morpholine rings is 1. The van der Waals surface area contributed by atoms with E-state index in [4.69, 9.17) is 4.74 Å². The van der Waals surface area contributed by atoms with Crippen molar-refractivity contribution < 1.29 is 4.74 Å². The van der Waals surface area contributed by atoms with Gasteiger partial charge < -0.3 is 15.4 Å². The average molecular weight is 284 g/mol. The fourth-order valence-corrected chi connectivity index (χ4v) is 2.01. The van der Waals surface area contributed by atoms with Crippen LogP contribution in [-0.2, 0) is 4.74 Å². The minimum atomic E-state index is 0.437. The van der Waals surface area contributed by atoms with Gasteiger partial charge in [-0.2, -0.15) is 0 Å². The Kier molecular flexibility index (Phi) is 8.62. The molecule has 1 aliphatic rings. The number of hydrogen-bond donors (Lipinski definition) is 2. The molecule has 1 saturated heterocycles. The Morgan fingerprint density at radius 2 is 1.95 bits per heavy atom. The fraction of sp³-hybridized carbons (Fsp3) is 0.933. The van der Waals surface area contributed by atoms with Crippen molar-refractivity contribution in [1.82, 2.24) is 15.5 Å². The summed E-state index contributed by atoms with van der Waals surface area (Å²) in [5.74, 6) is 1.54. The third kappa shape index (κ3) is 7.10. The van der Waals surface area contributed by atoms with Crippen LogP contribution in [0.5, 0.6) is 0 Å². The van der Waals surface area contributed by atoms with Crippen LogP contribution in [0.4, 0.5) is 0 Å². The maximum absolute atomic E-state index is 5.35. The summed E-state index contributed by atoms with van der Waals surface area (Å²) in [6.07, 6.45) is 1.10. The Labute approximate surface area is 124 Å². The van der Waals surface area contributed by atoms with Crippen molar-refractivity contribution in [3.63, 3.8) is 0 Å². The van der Waals surface area contributed by atoms with E-state index in [2.05, 4.69) is 48.2 Å². The van der Waals surface area contributed by atoms with Gasteiger partial charge in [0, 0.05) is 38.8 Å². The van der Waals surface area contributed by atoms with Gasteiger partial charge in [0.2, 0.25) is 0 Å². The Morgan fingerprint density at radius 3 is 2.55 bits per heavy atom. The number of nitrogens with one attached hydrogen (secondary N) is 2. The molecule has 1 atom stereocenters. The van der Waals surface area contributed by atoms with E-state index >= 15 is 0 Å². The highest BCUT2D eigenvalue weighted by molar-refractivity contribution is 5.80. The van der Waals surface area contributed by atoms with Crippen LogP contribution in [-0.4, -0.2) is 62.8 Å². The van der Waals surface area contributed by atoms with Crippen molar-refractivity contribution in [2.24, 2.45) is 10.9 Å². The molecular formula is C15H32N4O. The van der Waals surface area contributed by atoms with E-state index in [-0.39, 0.29) is 0 Å². The molecule has 1 unspecified atom stereocenters. The number of guanidine groups is 1. The summed E-state index contributed by atoms with van der Waals surface area (Å²) in [6, 6.07) is 0.437. The zero-order chi connectivity index (χ0) is 14.8. The van der Waals surface area contributed by atoms with Crippen LogP contribution in [0, 0.1) is 5.92 Å². The molecule has 118 valence electrons. The zero-order valence-corrected chi connectivity index (χ0v) is 13.6. The van der Waals surface area contributed by atoms with Crippen molar-refractivity contribution in [3.05, 3.63) is 0 Å². The lowest BCUT2D eigenvalue weighted by Crippen LogP contribution is -2.44. The van der Waals surface area contributed by atoms with Gasteiger partial charge in [-0.1, -0.05) is 13.8 Å². The molecular weight excluding hydrogens is 252 g/mol. The van der Waals surface area contributed by atoms with Gasteiger partial charge in [0.05, 0.1) is 13.2 Å². The summed E-state index contributed by atoms with van der Waals surface area (Å²) in [7, 11) is 0. The largest absolute Gasteiger partial charge is 0.379 e. The second kappa shape index (κ2) is 10.00. The molecule has 0 aromatic carbocycles. The fourth-order valence-electron chi connectivity index (χ4n) is 2.01. The van der Waals surface area contributed by atoms with Gasteiger partial charge >= 0.3 is 0 Å². The van der Waals surface area contributed by atoms with E-state index in [1.165, 1.54) is 0 Å². The summed E-state index contributed by atoms with van der Waals surface area (Å²) in [5, 5.41) is 6.77. The predicted molar refractivity (Wildman–Crippen MR) is 85.3 cm³/mol. The third-order valence-electron chi connectivity index (χ3n) is 3.71.